The Hall–Kier alpha value is -8.30. The van der Waals surface area contributed by atoms with Gasteiger partial charge in [0.05, 0.1) is 10.8 Å². The highest BCUT2D eigenvalue weighted by molar-refractivity contribution is 7.25. The molecule has 11 aromatic carbocycles. The zero-order chi connectivity index (χ0) is 44.8. The summed E-state index contributed by atoms with van der Waals surface area (Å²) in [4.78, 5) is 2.51. The Labute approximate surface area is 400 Å². The molecule has 0 saturated carbocycles. The summed E-state index contributed by atoms with van der Waals surface area (Å²) in [5.74, 6) is 0. The van der Waals surface area contributed by atoms with Crippen molar-refractivity contribution in [3.8, 4) is 22.3 Å². The summed E-state index contributed by atoms with van der Waals surface area (Å²) in [5, 5.41) is 5.05. The van der Waals surface area contributed by atoms with Crippen LogP contribution in [0.1, 0.15) is 44.5 Å². The number of nitrogens with zero attached hydrogens (tertiary/aromatic N) is 1. The topological polar surface area (TPSA) is 3.24 Å². The molecule has 1 unspecified atom stereocenters. The summed E-state index contributed by atoms with van der Waals surface area (Å²) in [6.07, 6.45) is 0. The first-order valence-corrected chi connectivity index (χ1v) is 24.4. The molecule has 1 atom stereocenters. The van der Waals surface area contributed by atoms with E-state index < -0.39 is 10.8 Å². The predicted molar refractivity (Wildman–Crippen MR) is 286 cm³/mol. The Morgan fingerprint density at radius 2 is 0.721 bits per heavy atom. The second kappa shape index (κ2) is 15.1. The van der Waals surface area contributed by atoms with Crippen LogP contribution in [0.5, 0.6) is 0 Å². The Balaban J connectivity index is 1.07. The number of fused-ring (bicyclic) bond motifs is 10. The quantitative estimate of drug-likeness (QED) is 0.154. The molecule has 318 valence electrons. The summed E-state index contributed by atoms with van der Waals surface area (Å²) in [7, 11) is 0. The lowest BCUT2D eigenvalue weighted by atomic mass is 9.66. The van der Waals surface area contributed by atoms with Crippen LogP contribution in [0, 0.1) is 0 Å². The molecule has 1 aromatic heterocycles. The molecule has 1 heterocycles. The second-order valence-corrected chi connectivity index (χ2v) is 19.4. The predicted octanol–water partition coefficient (Wildman–Crippen LogP) is 17.4. The van der Waals surface area contributed by atoms with E-state index in [0.717, 1.165) is 17.1 Å². The molecule has 0 spiro atoms. The van der Waals surface area contributed by atoms with E-state index in [9.17, 15) is 0 Å². The molecular formula is C66H43NS. The van der Waals surface area contributed by atoms with Crippen LogP contribution >= 0.6 is 11.3 Å². The van der Waals surface area contributed by atoms with Gasteiger partial charge in [0, 0.05) is 37.2 Å². The van der Waals surface area contributed by atoms with E-state index in [1.54, 1.807) is 0 Å². The summed E-state index contributed by atoms with van der Waals surface area (Å²) < 4.78 is 2.61. The Morgan fingerprint density at radius 3 is 1.37 bits per heavy atom. The fourth-order valence-corrected chi connectivity index (χ4v) is 13.4. The van der Waals surface area contributed by atoms with Crippen LogP contribution in [0.25, 0.3) is 53.2 Å². The molecule has 2 aliphatic carbocycles. The zero-order valence-electron chi connectivity index (χ0n) is 37.2. The van der Waals surface area contributed by atoms with Crippen LogP contribution in [-0.4, -0.2) is 0 Å². The maximum Gasteiger partial charge on any atom is 0.0720 e. The molecule has 0 saturated heterocycles. The van der Waals surface area contributed by atoms with Gasteiger partial charge in [0.15, 0.2) is 0 Å². The molecular weight excluding hydrogens is 839 g/mol. The first-order chi connectivity index (χ1) is 33.7. The van der Waals surface area contributed by atoms with E-state index in [2.05, 4.69) is 266 Å². The smallest absolute Gasteiger partial charge is 0.0720 e. The van der Waals surface area contributed by atoms with E-state index in [1.807, 2.05) is 11.3 Å². The minimum atomic E-state index is -0.614. The zero-order valence-corrected chi connectivity index (χ0v) is 38.0. The van der Waals surface area contributed by atoms with E-state index in [-0.39, 0.29) is 0 Å². The van der Waals surface area contributed by atoms with Crippen molar-refractivity contribution in [1.82, 2.24) is 0 Å². The minimum absolute atomic E-state index is 0.538. The minimum Gasteiger partial charge on any atom is -0.310 e. The van der Waals surface area contributed by atoms with Gasteiger partial charge in [-0.1, -0.05) is 212 Å². The SMILES string of the molecule is c1ccc(C2(c3ccccc3)c3ccccc3-c3ccc(N(c4ccc5c(c4)C(c4ccccc4)(c4cccc6sc7ccccc7c46)c4ccccc4-5)c4ccc5ccccc5c4)cc32)cc1. The lowest BCUT2D eigenvalue weighted by Crippen LogP contribution is -2.29. The molecule has 0 amide bonds. The van der Waals surface area contributed by atoms with Gasteiger partial charge in [0.25, 0.3) is 0 Å². The molecule has 2 heteroatoms. The summed E-state index contributed by atoms with van der Waals surface area (Å²) >= 11 is 1.89. The molecule has 0 bridgehead atoms. The lowest BCUT2D eigenvalue weighted by molar-refractivity contribution is 0.768. The van der Waals surface area contributed by atoms with Crippen molar-refractivity contribution in [3.63, 3.8) is 0 Å². The van der Waals surface area contributed by atoms with Crippen LogP contribution in [0.15, 0.2) is 261 Å². The average molecular weight is 882 g/mol. The fourth-order valence-electron chi connectivity index (χ4n) is 12.3. The molecule has 0 radical (unpaired) electrons. The monoisotopic (exact) mass is 881 g/mol. The van der Waals surface area contributed by atoms with Gasteiger partial charge >= 0.3 is 0 Å². The number of hydrogen-bond acceptors (Lipinski definition) is 2. The van der Waals surface area contributed by atoms with E-state index in [0.29, 0.717) is 0 Å². The third kappa shape index (κ3) is 5.44. The van der Waals surface area contributed by atoms with Gasteiger partial charge in [-0.05, 0) is 126 Å². The fraction of sp³-hybridized carbons (Fsp3) is 0.0303. The van der Waals surface area contributed by atoms with Gasteiger partial charge in [-0.3, -0.25) is 0 Å². The van der Waals surface area contributed by atoms with Crippen LogP contribution in [0.4, 0.5) is 17.1 Å². The van der Waals surface area contributed by atoms with E-state index in [1.165, 1.54) is 97.7 Å². The van der Waals surface area contributed by atoms with Crippen LogP contribution in [0.2, 0.25) is 0 Å². The van der Waals surface area contributed by atoms with E-state index in [4.69, 9.17) is 0 Å². The summed E-state index contributed by atoms with van der Waals surface area (Å²) in [5.41, 5.74) is 17.5. The number of thiophene rings is 1. The van der Waals surface area contributed by atoms with Gasteiger partial charge in [-0.15, -0.1) is 11.3 Å². The molecule has 2 aliphatic rings. The highest BCUT2D eigenvalue weighted by Gasteiger charge is 2.49. The number of rotatable bonds is 7. The average Bonchev–Trinajstić information content (AvgIpc) is 4.04. The van der Waals surface area contributed by atoms with Gasteiger partial charge < -0.3 is 4.90 Å². The van der Waals surface area contributed by atoms with Gasteiger partial charge in [-0.2, -0.15) is 0 Å². The molecule has 68 heavy (non-hydrogen) atoms. The van der Waals surface area contributed by atoms with Gasteiger partial charge in [0.2, 0.25) is 0 Å². The van der Waals surface area contributed by atoms with Crippen molar-refractivity contribution < 1.29 is 0 Å². The van der Waals surface area contributed by atoms with Crippen molar-refractivity contribution in [3.05, 3.63) is 305 Å². The van der Waals surface area contributed by atoms with Gasteiger partial charge in [0.1, 0.15) is 0 Å². The second-order valence-electron chi connectivity index (χ2n) is 18.3. The van der Waals surface area contributed by atoms with Gasteiger partial charge in [-0.25, -0.2) is 0 Å². The maximum absolute atomic E-state index is 2.52. The molecule has 1 nitrogen and oxygen atoms in total. The third-order valence-electron chi connectivity index (χ3n) is 15.0. The normalized spacial score (nSPS) is 15.2. The van der Waals surface area contributed by atoms with Crippen molar-refractivity contribution in [2.75, 3.05) is 4.90 Å². The molecule has 12 aromatic rings. The summed E-state index contributed by atoms with van der Waals surface area (Å²) in [6, 6.07) is 97.8. The lowest BCUT2D eigenvalue weighted by Gasteiger charge is -2.36. The van der Waals surface area contributed by atoms with Crippen LogP contribution < -0.4 is 4.90 Å². The molecule has 14 rings (SSSR count). The van der Waals surface area contributed by atoms with E-state index >= 15 is 0 Å². The Bertz CT molecular complexity index is 3890. The first kappa shape index (κ1) is 38.9. The Kier molecular flexibility index (Phi) is 8.65. The Morgan fingerprint density at radius 1 is 0.279 bits per heavy atom. The summed E-state index contributed by atoms with van der Waals surface area (Å²) in [6.45, 7) is 0. The largest absolute Gasteiger partial charge is 0.310 e. The highest BCUT2D eigenvalue weighted by atomic mass is 32.1. The molecule has 0 fully saturated rings. The molecule has 0 N–H and O–H groups in total. The highest BCUT2D eigenvalue weighted by Crippen LogP contribution is 2.61. The van der Waals surface area contributed by atoms with Crippen molar-refractivity contribution in [2.45, 2.75) is 10.8 Å². The van der Waals surface area contributed by atoms with Crippen LogP contribution in [-0.2, 0) is 10.8 Å². The van der Waals surface area contributed by atoms with Crippen molar-refractivity contribution >= 4 is 59.3 Å². The van der Waals surface area contributed by atoms with Crippen molar-refractivity contribution in [1.29, 1.82) is 0 Å². The third-order valence-corrected chi connectivity index (χ3v) is 16.1. The maximum atomic E-state index is 2.52. The number of benzene rings is 11. The van der Waals surface area contributed by atoms with Crippen molar-refractivity contribution in [2.24, 2.45) is 0 Å². The first-order valence-electron chi connectivity index (χ1n) is 23.6. The number of hydrogen-bond donors (Lipinski definition) is 0. The molecule has 0 aliphatic heterocycles. The number of anilines is 3. The standard InChI is InChI=1S/C66H43NS/c1-4-21-46(22-5-1)65(47-23-6-2-7-24-47)57-30-15-12-27-52(57)54-39-37-50(42-60(54)65)67(49-36-35-44-19-10-11-20-45(44)41-49)51-38-40-55-53-28-13-16-31-58(53)66(61(55)43-51,48-25-8-3-9-26-48)59-32-18-34-63-64(59)56-29-14-17-33-62(56)68-63/h1-43H. The van der Waals surface area contributed by atoms with Crippen LogP contribution in [0.3, 0.4) is 0 Å².